The van der Waals surface area contributed by atoms with Crippen molar-refractivity contribution in [3.05, 3.63) is 36.5 Å². The Hall–Kier alpha value is -1.92. The molecule has 0 saturated heterocycles. The van der Waals surface area contributed by atoms with E-state index in [4.69, 9.17) is 4.74 Å². The first-order chi connectivity index (χ1) is 27.5. The molecule has 0 aromatic rings. The molecule has 0 spiro atoms. The van der Waals surface area contributed by atoms with Crippen LogP contribution in [0.5, 0.6) is 0 Å². The third-order valence-electron chi connectivity index (χ3n) is 10.9. The summed E-state index contributed by atoms with van der Waals surface area (Å²) in [5.74, 6) is -0.139. The smallest absolute Gasteiger partial charge is 0.305 e. The van der Waals surface area contributed by atoms with E-state index in [9.17, 15) is 19.8 Å². The SMILES string of the molecule is CCCCCC/C=C\C/C=C\CCCCCCCC(=O)OCCCCCCCCCCCC(=O)NC(CO)C(O)/C=C/CCCCCCCCCCCCCC. The van der Waals surface area contributed by atoms with Gasteiger partial charge in [0, 0.05) is 12.8 Å². The Labute approximate surface area is 347 Å². The second kappa shape index (κ2) is 45.8. The molecule has 0 rings (SSSR count). The van der Waals surface area contributed by atoms with Gasteiger partial charge in [0.05, 0.1) is 25.4 Å². The fourth-order valence-electron chi connectivity index (χ4n) is 7.13. The topological polar surface area (TPSA) is 95.9 Å². The molecule has 0 aliphatic heterocycles. The highest BCUT2D eigenvalue weighted by atomic mass is 16.5. The molecule has 0 heterocycles. The number of hydrogen-bond donors (Lipinski definition) is 3. The van der Waals surface area contributed by atoms with Crippen LogP contribution in [-0.2, 0) is 14.3 Å². The van der Waals surface area contributed by atoms with E-state index in [1.807, 2.05) is 6.08 Å². The summed E-state index contributed by atoms with van der Waals surface area (Å²) in [6.45, 7) is 4.80. The Kier molecular flexibility index (Phi) is 44.2. The van der Waals surface area contributed by atoms with Gasteiger partial charge in [0.2, 0.25) is 5.91 Å². The molecule has 2 atom stereocenters. The van der Waals surface area contributed by atoms with E-state index < -0.39 is 12.1 Å². The molecule has 328 valence electrons. The van der Waals surface area contributed by atoms with Crippen molar-refractivity contribution in [1.29, 1.82) is 0 Å². The monoisotopic (exact) mass is 788 g/mol. The van der Waals surface area contributed by atoms with Crippen molar-refractivity contribution in [3.63, 3.8) is 0 Å². The minimum absolute atomic E-state index is 0.0415. The van der Waals surface area contributed by atoms with Crippen LogP contribution in [-0.4, -0.2) is 47.4 Å². The summed E-state index contributed by atoms with van der Waals surface area (Å²) in [6, 6.07) is -0.648. The Morgan fingerprint density at radius 3 is 1.38 bits per heavy atom. The van der Waals surface area contributed by atoms with Gasteiger partial charge in [0.15, 0.2) is 0 Å². The van der Waals surface area contributed by atoms with Crippen molar-refractivity contribution in [2.45, 2.75) is 257 Å². The summed E-state index contributed by atoms with van der Waals surface area (Å²) >= 11 is 0. The number of esters is 1. The maximum absolute atomic E-state index is 12.4. The molecule has 0 aliphatic carbocycles. The second-order valence-corrected chi connectivity index (χ2v) is 16.4. The van der Waals surface area contributed by atoms with E-state index >= 15 is 0 Å². The summed E-state index contributed by atoms with van der Waals surface area (Å²) in [4.78, 5) is 24.4. The van der Waals surface area contributed by atoms with E-state index in [2.05, 4.69) is 43.5 Å². The predicted octanol–water partition coefficient (Wildman–Crippen LogP) is 14.1. The Balaban J connectivity index is 3.55. The summed E-state index contributed by atoms with van der Waals surface area (Å²) in [5, 5.41) is 23.0. The summed E-state index contributed by atoms with van der Waals surface area (Å²) in [7, 11) is 0. The number of ether oxygens (including phenoxy) is 1. The van der Waals surface area contributed by atoms with Gasteiger partial charge in [-0.05, 0) is 64.2 Å². The Bertz CT molecular complexity index is 915. The molecule has 1 amide bonds. The number of nitrogens with one attached hydrogen (secondary N) is 1. The highest BCUT2D eigenvalue weighted by Gasteiger charge is 2.18. The average Bonchev–Trinajstić information content (AvgIpc) is 3.20. The van der Waals surface area contributed by atoms with Crippen molar-refractivity contribution >= 4 is 11.9 Å². The minimum atomic E-state index is -0.862. The number of allylic oxidation sites excluding steroid dienone is 5. The van der Waals surface area contributed by atoms with Crippen LogP contribution in [0.2, 0.25) is 0 Å². The number of aliphatic hydroxyl groups excluding tert-OH is 2. The third-order valence-corrected chi connectivity index (χ3v) is 10.9. The minimum Gasteiger partial charge on any atom is -0.466 e. The normalized spacial score (nSPS) is 13.0. The molecule has 0 saturated carbocycles. The molecule has 6 nitrogen and oxygen atoms in total. The number of aliphatic hydroxyl groups is 2. The molecular formula is C50H93NO5. The molecule has 0 bridgehead atoms. The van der Waals surface area contributed by atoms with Gasteiger partial charge in [-0.15, -0.1) is 0 Å². The van der Waals surface area contributed by atoms with Crippen molar-refractivity contribution in [1.82, 2.24) is 5.32 Å². The number of rotatable bonds is 44. The van der Waals surface area contributed by atoms with Gasteiger partial charge in [-0.2, -0.15) is 0 Å². The largest absolute Gasteiger partial charge is 0.466 e. The fourth-order valence-corrected chi connectivity index (χ4v) is 7.13. The molecule has 6 heteroatoms. The van der Waals surface area contributed by atoms with Gasteiger partial charge in [0.1, 0.15) is 0 Å². The van der Waals surface area contributed by atoms with Gasteiger partial charge < -0.3 is 20.3 Å². The predicted molar refractivity (Wildman–Crippen MR) is 241 cm³/mol. The molecule has 56 heavy (non-hydrogen) atoms. The molecule has 0 aliphatic rings. The van der Waals surface area contributed by atoms with E-state index in [-0.39, 0.29) is 18.5 Å². The highest BCUT2D eigenvalue weighted by molar-refractivity contribution is 5.76. The molecule has 0 radical (unpaired) electrons. The quantitative estimate of drug-likeness (QED) is 0.0325. The highest BCUT2D eigenvalue weighted by Crippen LogP contribution is 2.14. The Morgan fingerprint density at radius 1 is 0.500 bits per heavy atom. The van der Waals surface area contributed by atoms with E-state index in [1.54, 1.807) is 6.08 Å². The van der Waals surface area contributed by atoms with Gasteiger partial charge in [-0.3, -0.25) is 9.59 Å². The number of carbonyl (C=O) groups excluding carboxylic acids is 2. The van der Waals surface area contributed by atoms with Crippen molar-refractivity contribution in [2.75, 3.05) is 13.2 Å². The molecule has 2 unspecified atom stereocenters. The van der Waals surface area contributed by atoms with Crippen molar-refractivity contribution < 1.29 is 24.5 Å². The first kappa shape index (κ1) is 54.1. The molecule has 0 aromatic carbocycles. The fraction of sp³-hybridized carbons (Fsp3) is 0.840. The number of carbonyl (C=O) groups is 2. The lowest BCUT2D eigenvalue weighted by Crippen LogP contribution is -2.45. The maximum Gasteiger partial charge on any atom is 0.305 e. The van der Waals surface area contributed by atoms with E-state index in [1.165, 1.54) is 148 Å². The molecule has 0 aromatic heterocycles. The average molecular weight is 788 g/mol. The van der Waals surface area contributed by atoms with Crippen molar-refractivity contribution in [3.8, 4) is 0 Å². The molecular weight excluding hydrogens is 695 g/mol. The number of hydrogen-bond acceptors (Lipinski definition) is 5. The lowest BCUT2D eigenvalue weighted by Gasteiger charge is -2.20. The molecule has 0 fully saturated rings. The van der Waals surface area contributed by atoms with Gasteiger partial charge in [-0.25, -0.2) is 0 Å². The standard InChI is InChI=1S/C50H93NO5/c1-3-5-7-9-11-13-15-17-19-20-22-24-28-32-36-40-44-50(55)56-45-41-37-33-29-25-27-31-35-39-43-49(54)51-47(46-52)48(53)42-38-34-30-26-23-21-18-16-14-12-10-8-6-4-2/h13,15,19-20,38,42,47-48,52-53H,3-12,14,16-18,21-37,39-41,43-46H2,1-2H3,(H,51,54)/b15-13-,20-19-,42-38+. The van der Waals surface area contributed by atoms with Crippen LogP contribution < -0.4 is 5.32 Å². The first-order valence-electron chi connectivity index (χ1n) is 24.3. The first-order valence-corrected chi connectivity index (χ1v) is 24.3. The lowest BCUT2D eigenvalue weighted by atomic mass is 10.0. The summed E-state index contributed by atoms with van der Waals surface area (Å²) < 4.78 is 5.44. The second-order valence-electron chi connectivity index (χ2n) is 16.4. The number of amides is 1. The maximum atomic E-state index is 12.4. The van der Waals surface area contributed by atoms with Crippen LogP contribution in [0.4, 0.5) is 0 Å². The zero-order valence-electron chi connectivity index (χ0n) is 37.1. The van der Waals surface area contributed by atoms with Gasteiger partial charge >= 0.3 is 5.97 Å². The third kappa shape index (κ3) is 41.7. The van der Waals surface area contributed by atoms with Crippen LogP contribution in [0, 0.1) is 0 Å². The van der Waals surface area contributed by atoms with Crippen LogP contribution in [0.3, 0.4) is 0 Å². The number of unbranched alkanes of at least 4 members (excludes halogenated alkanes) is 29. The van der Waals surface area contributed by atoms with Crippen molar-refractivity contribution in [2.24, 2.45) is 0 Å². The zero-order chi connectivity index (χ0) is 40.8. The summed E-state index contributed by atoms with van der Waals surface area (Å²) in [6.07, 6.45) is 54.1. The van der Waals surface area contributed by atoms with Crippen LogP contribution >= 0.6 is 0 Å². The van der Waals surface area contributed by atoms with Gasteiger partial charge in [0.25, 0.3) is 0 Å². The zero-order valence-corrected chi connectivity index (χ0v) is 37.1. The van der Waals surface area contributed by atoms with E-state index in [0.717, 1.165) is 70.6 Å². The lowest BCUT2D eigenvalue weighted by molar-refractivity contribution is -0.143. The summed E-state index contributed by atoms with van der Waals surface area (Å²) in [5.41, 5.74) is 0. The Morgan fingerprint density at radius 2 is 0.893 bits per heavy atom. The van der Waals surface area contributed by atoms with Crippen LogP contribution in [0.1, 0.15) is 245 Å². The van der Waals surface area contributed by atoms with E-state index in [0.29, 0.717) is 19.4 Å². The van der Waals surface area contributed by atoms with Gasteiger partial charge in [-0.1, -0.05) is 204 Å². The molecule has 3 N–H and O–H groups in total. The van der Waals surface area contributed by atoms with Crippen LogP contribution in [0.15, 0.2) is 36.5 Å². The van der Waals surface area contributed by atoms with Crippen LogP contribution in [0.25, 0.3) is 0 Å².